The van der Waals surface area contributed by atoms with Crippen LogP contribution in [-0.4, -0.2) is 45.3 Å². The summed E-state index contributed by atoms with van der Waals surface area (Å²) < 4.78 is 28.9. The first-order valence-electron chi connectivity index (χ1n) is 11.5. The monoisotopic (exact) mass is 483 g/mol. The SMILES string of the molecule is O=C(C[C@H]1CCC[C@H]1O)[C@@H](CO)c1ccc(Nc2ncc(-c3ccc(OC(F)F)cc3)cn2)cc1. The number of hydrogen-bond donors (Lipinski definition) is 3. The van der Waals surface area contributed by atoms with E-state index in [-0.39, 0.29) is 30.5 Å². The van der Waals surface area contributed by atoms with Gasteiger partial charge in [-0.1, -0.05) is 30.7 Å². The fourth-order valence-electron chi connectivity index (χ4n) is 4.35. The van der Waals surface area contributed by atoms with Gasteiger partial charge < -0.3 is 20.3 Å². The lowest BCUT2D eigenvalue weighted by Gasteiger charge is -2.18. The highest BCUT2D eigenvalue weighted by molar-refractivity contribution is 5.86. The average molecular weight is 484 g/mol. The molecule has 9 heteroatoms. The minimum absolute atomic E-state index is 0.0264. The third-order valence-corrected chi connectivity index (χ3v) is 6.29. The molecule has 1 fully saturated rings. The number of alkyl halides is 2. The summed E-state index contributed by atoms with van der Waals surface area (Å²) in [5.41, 5.74) is 2.90. The van der Waals surface area contributed by atoms with E-state index >= 15 is 0 Å². The quantitative estimate of drug-likeness (QED) is 0.384. The second kappa shape index (κ2) is 11.3. The zero-order chi connectivity index (χ0) is 24.8. The molecule has 1 aliphatic rings. The third kappa shape index (κ3) is 6.37. The predicted molar refractivity (Wildman–Crippen MR) is 127 cm³/mol. The maximum absolute atomic E-state index is 12.7. The van der Waals surface area contributed by atoms with E-state index in [1.165, 1.54) is 12.1 Å². The second-order valence-corrected chi connectivity index (χ2v) is 8.61. The van der Waals surface area contributed by atoms with Crippen molar-refractivity contribution in [1.29, 1.82) is 0 Å². The summed E-state index contributed by atoms with van der Waals surface area (Å²) in [6.07, 6.45) is 5.56. The van der Waals surface area contributed by atoms with Crippen LogP contribution in [0.15, 0.2) is 60.9 Å². The van der Waals surface area contributed by atoms with Gasteiger partial charge in [0.2, 0.25) is 5.95 Å². The minimum Gasteiger partial charge on any atom is -0.435 e. The first kappa shape index (κ1) is 24.7. The van der Waals surface area contributed by atoms with E-state index in [1.54, 1.807) is 48.8 Å². The number of aromatic nitrogens is 2. The maximum atomic E-state index is 12.7. The van der Waals surface area contributed by atoms with Crippen LogP contribution in [0.5, 0.6) is 5.75 Å². The third-order valence-electron chi connectivity index (χ3n) is 6.29. The Kier molecular flexibility index (Phi) is 7.99. The maximum Gasteiger partial charge on any atom is 0.387 e. The number of aliphatic hydroxyl groups excluding tert-OH is 2. The minimum atomic E-state index is -2.87. The lowest BCUT2D eigenvalue weighted by Crippen LogP contribution is -2.23. The number of carbonyl (C=O) groups is 1. The molecule has 1 saturated carbocycles. The van der Waals surface area contributed by atoms with E-state index in [2.05, 4.69) is 20.0 Å². The summed E-state index contributed by atoms with van der Waals surface area (Å²) in [5.74, 6) is -0.268. The van der Waals surface area contributed by atoms with Crippen molar-refractivity contribution in [2.45, 2.75) is 44.3 Å². The molecule has 0 saturated heterocycles. The molecule has 0 bridgehead atoms. The van der Waals surface area contributed by atoms with Crippen molar-refractivity contribution < 1.29 is 28.5 Å². The summed E-state index contributed by atoms with van der Waals surface area (Å²) in [4.78, 5) is 21.3. The Balaban J connectivity index is 1.36. The average Bonchev–Trinajstić information content (AvgIpc) is 3.25. The molecule has 1 aromatic heterocycles. The van der Waals surface area contributed by atoms with Crippen molar-refractivity contribution in [1.82, 2.24) is 9.97 Å². The molecule has 0 amide bonds. The van der Waals surface area contributed by atoms with Crippen LogP contribution < -0.4 is 10.1 Å². The first-order valence-corrected chi connectivity index (χ1v) is 11.5. The van der Waals surface area contributed by atoms with Gasteiger partial charge in [-0.05, 0) is 54.2 Å². The highest BCUT2D eigenvalue weighted by Gasteiger charge is 2.30. The van der Waals surface area contributed by atoms with Crippen LogP contribution in [0.3, 0.4) is 0 Å². The highest BCUT2D eigenvalue weighted by Crippen LogP contribution is 2.31. The van der Waals surface area contributed by atoms with Crippen molar-refractivity contribution >= 4 is 17.4 Å². The Morgan fingerprint density at radius 2 is 1.71 bits per heavy atom. The molecule has 3 N–H and O–H groups in total. The lowest BCUT2D eigenvalue weighted by atomic mass is 9.88. The molecule has 4 rings (SSSR count). The Bertz CT molecular complexity index is 1110. The molecule has 0 spiro atoms. The largest absolute Gasteiger partial charge is 0.435 e. The predicted octanol–water partition coefficient (Wildman–Crippen LogP) is 4.68. The number of anilines is 2. The molecule has 3 atom stereocenters. The molecule has 1 aliphatic carbocycles. The molecule has 0 aliphatic heterocycles. The Hall–Kier alpha value is -3.43. The second-order valence-electron chi connectivity index (χ2n) is 8.61. The van der Waals surface area contributed by atoms with E-state index < -0.39 is 18.6 Å². The fourth-order valence-corrected chi connectivity index (χ4v) is 4.35. The molecule has 0 radical (unpaired) electrons. The molecule has 2 aromatic carbocycles. The van der Waals surface area contributed by atoms with Gasteiger partial charge in [0, 0.05) is 30.1 Å². The van der Waals surface area contributed by atoms with Gasteiger partial charge in [-0.2, -0.15) is 8.78 Å². The van der Waals surface area contributed by atoms with Crippen molar-refractivity contribution in [3.05, 3.63) is 66.5 Å². The van der Waals surface area contributed by atoms with Crippen LogP contribution in [0.25, 0.3) is 11.1 Å². The van der Waals surface area contributed by atoms with Crippen molar-refractivity contribution in [2.75, 3.05) is 11.9 Å². The first-order chi connectivity index (χ1) is 16.9. The Morgan fingerprint density at radius 1 is 1.03 bits per heavy atom. The molecule has 184 valence electrons. The van der Waals surface area contributed by atoms with Crippen molar-refractivity contribution in [3.63, 3.8) is 0 Å². The summed E-state index contributed by atoms with van der Waals surface area (Å²) in [6.45, 7) is -3.15. The van der Waals surface area contributed by atoms with Gasteiger partial charge in [0.1, 0.15) is 11.5 Å². The standard InChI is InChI=1S/C26H27F2N3O4/c27-25(28)35-21-10-6-16(7-11-21)19-13-29-26(30-14-19)31-20-8-4-17(5-9-20)22(15-32)24(34)12-18-2-1-3-23(18)33/h4-11,13-14,18,22-23,25,32-33H,1-3,12,15H2,(H,29,30,31)/t18-,22+,23-/m1/s1. The van der Waals surface area contributed by atoms with Gasteiger partial charge in [0.15, 0.2) is 0 Å². The van der Waals surface area contributed by atoms with E-state index in [0.29, 0.717) is 22.8 Å². The number of aliphatic hydroxyl groups is 2. The molecular weight excluding hydrogens is 456 g/mol. The molecule has 7 nitrogen and oxygen atoms in total. The molecule has 3 aromatic rings. The van der Waals surface area contributed by atoms with Crippen LogP contribution in [0.4, 0.5) is 20.4 Å². The van der Waals surface area contributed by atoms with Crippen LogP contribution in [-0.2, 0) is 4.79 Å². The molecular formula is C26H27F2N3O4. The number of ether oxygens (including phenoxy) is 1. The van der Waals surface area contributed by atoms with Gasteiger partial charge in [0.25, 0.3) is 0 Å². The lowest BCUT2D eigenvalue weighted by molar-refractivity contribution is -0.123. The van der Waals surface area contributed by atoms with Crippen LogP contribution >= 0.6 is 0 Å². The number of nitrogens with one attached hydrogen (secondary N) is 1. The Morgan fingerprint density at radius 3 is 2.29 bits per heavy atom. The number of ketones is 1. The zero-order valence-corrected chi connectivity index (χ0v) is 19.0. The summed E-state index contributed by atoms with van der Waals surface area (Å²) in [6, 6.07) is 13.3. The summed E-state index contributed by atoms with van der Waals surface area (Å²) >= 11 is 0. The number of halogens is 2. The number of hydrogen-bond acceptors (Lipinski definition) is 7. The Labute approximate surface area is 201 Å². The normalized spacial score (nSPS) is 18.4. The number of rotatable bonds is 10. The highest BCUT2D eigenvalue weighted by atomic mass is 19.3. The van der Waals surface area contributed by atoms with Crippen molar-refractivity contribution in [2.24, 2.45) is 5.92 Å². The number of benzene rings is 2. The summed E-state index contributed by atoms with van der Waals surface area (Å²) in [7, 11) is 0. The van der Waals surface area contributed by atoms with Crippen LogP contribution in [0.1, 0.15) is 37.2 Å². The fraction of sp³-hybridized carbons (Fsp3) is 0.346. The van der Waals surface area contributed by atoms with Gasteiger partial charge in [-0.25, -0.2) is 9.97 Å². The van der Waals surface area contributed by atoms with E-state index in [9.17, 15) is 23.8 Å². The molecule has 0 unspecified atom stereocenters. The number of Topliss-reactive ketones (excluding diaryl/α,β-unsaturated/α-hetero) is 1. The summed E-state index contributed by atoms with van der Waals surface area (Å²) in [5, 5.41) is 22.9. The van der Waals surface area contributed by atoms with Gasteiger partial charge in [0.05, 0.1) is 18.6 Å². The van der Waals surface area contributed by atoms with Gasteiger partial charge in [-0.3, -0.25) is 4.79 Å². The number of nitrogens with zero attached hydrogens (tertiary/aromatic N) is 2. The van der Waals surface area contributed by atoms with E-state index in [1.807, 2.05) is 0 Å². The van der Waals surface area contributed by atoms with Crippen molar-refractivity contribution in [3.8, 4) is 16.9 Å². The van der Waals surface area contributed by atoms with Gasteiger partial charge >= 0.3 is 6.61 Å². The molecule has 35 heavy (non-hydrogen) atoms. The zero-order valence-electron chi connectivity index (χ0n) is 19.0. The molecule has 1 heterocycles. The smallest absolute Gasteiger partial charge is 0.387 e. The van der Waals surface area contributed by atoms with E-state index in [0.717, 1.165) is 24.8 Å². The van der Waals surface area contributed by atoms with Crippen LogP contribution in [0, 0.1) is 5.92 Å². The number of carbonyl (C=O) groups excluding carboxylic acids is 1. The van der Waals surface area contributed by atoms with E-state index in [4.69, 9.17) is 0 Å². The topological polar surface area (TPSA) is 105 Å². The van der Waals surface area contributed by atoms with Crippen LogP contribution in [0.2, 0.25) is 0 Å². The van der Waals surface area contributed by atoms with Gasteiger partial charge in [-0.15, -0.1) is 0 Å².